The zero-order chi connectivity index (χ0) is 22.1. The Kier molecular flexibility index (Phi) is 5.87. The fraction of sp³-hybridized carbons (Fsp3) is 0.375. The van der Waals surface area contributed by atoms with E-state index >= 15 is 0 Å². The molecule has 162 valence electrons. The molecule has 1 fully saturated rings. The minimum Gasteiger partial charge on any atom is -0.355 e. The lowest BCUT2D eigenvalue weighted by atomic mass is 10.0. The van der Waals surface area contributed by atoms with E-state index in [0.29, 0.717) is 23.5 Å². The molecule has 1 saturated carbocycles. The second-order valence-electron chi connectivity index (χ2n) is 8.40. The largest absolute Gasteiger partial charge is 0.355 e. The number of amides is 3. The van der Waals surface area contributed by atoms with Gasteiger partial charge in [-0.25, -0.2) is 4.39 Å². The smallest absolute Gasteiger partial charge is 0.261 e. The van der Waals surface area contributed by atoms with Gasteiger partial charge in [0.25, 0.3) is 17.7 Å². The Balaban J connectivity index is 1.55. The molecule has 1 aliphatic heterocycles. The van der Waals surface area contributed by atoms with Crippen LogP contribution in [0.5, 0.6) is 0 Å². The van der Waals surface area contributed by atoms with Gasteiger partial charge in [-0.15, -0.1) is 0 Å². The van der Waals surface area contributed by atoms with Crippen LogP contribution in [0.2, 0.25) is 0 Å². The van der Waals surface area contributed by atoms with Crippen LogP contribution in [0.3, 0.4) is 0 Å². The molecular formula is C24H26FN3O3. The minimum absolute atomic E-state index is 0.00511. The maximum Gasteiger partial charge on any atom is 0.261 e. The SMILES string of the molecule is CNC(=O)c1ccc(CC(CN2C(=O)c3ccccc3C2=O)N(C)CC2CC2)cc1F. The van der Waals surface area contributed by atoms with Gasteiger partial charge in [-0.2, -0.15) is 0 Å². The van der Waals surface area contributed by atoms with Gasteiger partial charge < -0.3 is 10.2 Å². The van der Waals surface area contributed by atoms with Gasteiger partial charge >= 0.3 is 0 Å². The van der Waals surface area contributed by atoms with Gasteiger partial charge in [0, 0.05) is 26.2 Å². The topological polar surface area (TPSA) is 69.7 Å². The molecule has 7 heteroatoms. The van der Waals surface area contributed by atoms with Crippen LogP contribution in [0.1, 0.15) is 49.5 Å². The molecule has 0 aromatic heterocycles. The summed E-state index contributed by atoms with van der Waals surface area (Å²) in [6, 6.07) is 11.3. The number of nitrogens with one attached hydrogen (secondary N) is 1. The van der Waals surface area contributed by atoms with E-state index in [2.05, 4.69) is 10.2 Å². The molecule has 0 radical (unpaired) electrons. The van der Waals surface area contributed by atoms with Crippen LogP contribution < -0.4 is 5.32 Å². The lowest BCUT2D eigenvalue weighted by Gasteiger charge is -2.31. The maximum absolute atomic E-state index is 14.5. The van der Waals surface area contributed by atoms with Crippen molar-refractivity contribution in [3.63, 3.8) is 0 Å². The molecule has 4 rings (SSSR count). The molecule has 0 saturated heterocycles. The van der Waals surface area contributed by atoms with E-state index in [1.165, 1.54) is 36.9 Å². The molecule has 2 aliphatic rings. The third kappa shape index (κ3) is 4.37. The lowest BCUT2D eigenvalue weighted by molar-refractivity contribution is 0.0599. The van der Waals surface area contributed by atoms with Gasteiger partial charge in [0.2, 0.25) is 0 Å². The normalized spacial score (nSPS) is 16.6. The Bertz CT molecular complexity index is 999. The number of fused-ring (bicyclic) bond motifs is 1. The van der Waals surface area contributed by atoms with E-state index in [-0.39, 0.29) is 30.0 Å². The standard InChI is InChI=1S/C24H26FN3O3/c1-26-22(29)20-10-9-16(12-21(20)25)11-17(27(2)13-15-7-8-15)14-28-23(30)18-5-3-4-6-19(18)24(28)31/h3-6,9-10,12,15,17H,7-8,11,13-14H2,1-2H3,(H,26,29). The second-order valence-corrected chi connectivity index (χ2v) is 8.40. The Hall–Kier alpha value is -3.06. The van der Waals surface area contributed by atoms with Crippen molar-refractivity contribution in [2.24, 2.45) is 5.92 Å². The monoisotopic (exact) mass is 423 g/mol. The van der Waals surface area contributed by atoms with Crippen LogP contribution in [0, 0.1) is 11.7 Å². The molecule has 1 heterocycles. The van der Waals surface area contributed by atoms with Crippen molar-refractivity contribution in [1.29, 1.82) is 0 Å². The first kappa shape index (κ1) is 21.2. The number of carbonyl (C=O) groups excluding carboxylic acids is 3. The number of hydrogen-bond acceptors (Lipinski definition) is 4. The zero-order valence-electron chi connectivity index (χ0n) is 17.7. The molecule has 3 amide bonds. The minimum atomic E-state index is -0.582. The number of hydrogen-bond donors (Lipinski definition) is 1. The van der Waals surface area contributed by atoms with Crippen molar-refractivity contribution < 1.29 is 18.8 Å². The molecule has 1 N–H and O–H groups in total. The molecule has 1 unspecified atom stereocenters. The van der Waals surface area contributed by atoms with Crippen molar-refractivity contribution in [1.82, 2.24) is 15.1 Å². The highest BCUT2D eigenvalue weighted by atomic mass is 19.1. The van der Waals surface area contributed by atoms with E-state index in [1.54, 1.807) is 30.3 Å². The molecule has 2 aromatic carbocycles. The van der Waals surface area contributed by atoms with Crippen LogP contribution >= 0.6 is 0 Å². The Labute approximate surface area is 181 Å². The van der Waals surface area contributed by atoms with Crippen molar-refractivity contribution >= 4 is 17.7 Å². The Morgan fingerprint density at radius 1 is 1.16 bits per heavy atom. The predicted octanol–water partition coefficient (Wildman–Crippen LogP) is 2.73. The fourth-order valence-electron chi connectivity index (χ4n) is 4.11. The van der Waals surface area contributed by atoms with E-state index in [0.717, 1.165) is 12.1 Å². The highest BCUT2D eigenvalue weighted by Crippen LogP contribution is 2.31. The second kappa shape index (κ2) is 8.59. The average Bonchev–Trinajstić information content (AvgIpc) is 3.55. The molecule has 6 nitrogen and oxygen atoms in total. The molecule has 0 spiro atoms. The fourth-order valence-corrected chi connectivity index (χ4v) is 4.11. The Morgan fingerprint density at radius 3 is 2.35 bits per heavy atom. The van der Waals surface area contributed by atoms with Gasteiger partial charge in [0.1, 0.15) is 5.82 Å². The summed E-state index contributed by atoms with van der Waals surface area (Å²) in [5, 5.41) is 2.43. The summed E-state index contributed by atoms with van der Waals surface area (Å²) in [5.74, 6) is -1.00. The third-order valence-corrected chi connectivity index (χ3v) is 6.11. The summed E-state index contributed by atoms with van der Waals surface area (Å²) in [6.45, 7) is 1.10. The van der Waals surface area contributed by atoms with E-state index in [1.807, 2.05) is 7.05 Å². The molecule has 1 atom stereocenters. The molecule has 1 aliphatic carbocycles. The van der Waals surface area contributed by atoms with Crippen LogP contribution in [0.4, 0.5) is 4.39 Å². The first-order valence-corrected chi connectivity index (χ1v) is 10.5. The van der Waals surface area contributed by atoms with Gasteiger partial charge in [0.05, 0.1) is 16.7 Å². The molecule has 0 bridgehead atoms. The summed E-state index contributed by atoms with van der Waals surface area (Å²) in [5.41, 5.74) is 1.57. The first-order valence-electron chi connectivity index (χ1n) is 10.5. The summed E-state index contributed by atoms with van der Waals surface area (Å²) >= 11 is 0. The number of benzene rings is 2. The lowest BCUT2D eigenvalue weighted by Crippen LogP contribution is -2.46. The highest BCUT2D eigenvalue weighted by Gasteiger charge is 2.37. The summed E-state index contributed by atoms with van der Waals surface area (Å²) in [4.78, 5) is 40.9. The third-order valence-electron chi connectivity index (χ3n) is 6.11. The van der Waals surface area contributed by atoms with Crippen LogP contribution in [0.25, 0.3) is 0 Å². The van der Waals surface area contributed by atoms with Crippen molar-refractivity contribution in [3.05, 3.63) is 70.5 Å². The van der Waals surface area contributed by atoms with E-state index in [9.17, 15) is 18.8 Å². The average molecular weight is 423 g/mol. The molecule has 2 aromatic rings. The van der Waals surface area contributed by atoms with Crippen molar-refractivity contribution in [2.75, 3.05) is 27.2 Å². The van der Waals surface area contributed by atoms with Gasteiger partial charge in [0.15, 0.2) is 0 Å². The van der Waals surface area contributed by atoms with E-state index < -0.39 is 11.7 Å². The van der Waals surface area contributed by atoms with Crippen LogP contribution in [-0.4, -0.2) is 60.7 Å². The maximum atomic E-state index is 14.5. The molecular weight excluding hydrogens is 397 g/mol. The van der Waals surface area contributed by atoms with Gasteiger partial charge in [-0.05, 0) is 62.1 Å². The number of imide groups is 1. The molecule has 31 heavy (non-hydrogen) atoms. The van der Waals surface area contributed by atoms with Gasteiger partial charge in [-0.1, -0.05) is 18.2 Å². The predicted molar refractivity (Wildman–Crippen MR) is 114 cm³/mol. The zero-order valence-corrected chi connectivity index (χ0v) is 17.7. The summed E-state index contributed by atoms with van der Waals surface area (Å²) in [6.07, 6.45) is 2.82. The number of carbonyl (C=O) groups is 3. The van der Waals surface area contributed by atoms with Crippen molar-refractivity contribution in [2.45, 2.75) is 25.3 Å². The highest BCUT2D eigenvalue weighted by molar-refractivity contribution is 6.21. The van der Waals surface area contributed by atoms with E-state index in [4.69, 9.17) is 0 Å². The van der Waals surface area contributed by atoms with Crippen molar-refractivity contribution in [3.8, 4) is 0 Å². The van der Waals surface area contributed by atoms with Crippen LogP contribution in [-0.2, 0) is 6.42 Å². The number of likely N-dealkylation sites (N-methyl/N-ethyl adjacent to an activating group) is 1. The summed E-state index contributed by atoms with van der Waals surface area (Å²) in [7, 11) is 3.44. The number of nitrogens with zero attached hydrogens (tertiary/aromatic N) is 2. The van der Waals surface area contributed by atoms with Crippen LogP contribution in [0.15, 0.2) is 42.5 Å². The summed E-state index contributed by atoms with van der Waals surface area (Å²) < 4.78 is 14.5. The number of rotatable bonds is 8. The first-order chi connectivity index (χ1) is 14.9. The quantitative estimate of drug-likeness (QED) is 0.663. The Morgan fingerprint density at radius 2 is 1.81 bits per heavy atom. The van der Waals surface area contributed by atoms with Gasteiger partial charge in [-0.3, -0.25) is 19.3 Å². The number of halogens is 1.